The van der Waals surface area contributed by atoms with Crippen LogP contribution in [0.3, 0.4) is 0 Å². The molecule has 0 bridgehead atoms. The monoisotopic (exact) mass is 174 g/mol. The lowest BCUT2D eigenvalue weighted by Gasteiger charge is -2.29. The summed E-state index contributed by atoms with van der Waals surface area (Å²) in [5, 5.41) is 0. The Balaban J connectivity index is 4.90. The van der Waals surface area contributed by atoms with Gasteiger partial charge in [0.2, 0.25) is 0 Å². The van der Waals surface area contributed by atoms with E-state index in [2.05, 4.69) is 41.5 Å². The summed E-state index contributed by atoms with van der Waals surface area (Å²) in [7, 11) is 0. The van der Waals surface area contributed by atoms with Gasteiger partial charge in [0, 0.05) is 4.86 Å². The van der Waals surface area contributed by atoms with Crippen molar-refractivity contribution in [2.75, 3.05) is 0 Å². The van der Waals surface area contributed by atoms with Gasteiger partial charge in [0.15, 0.2) is 0 Å². The van der Waals surface area contributed by atoms with Gasteiger partial charge in [-0.25, -0.2) is 4.21 Å². The van der Waals surface area contributed by atoms with Gasteiger partial charge >= 0.3 is 0 Å². The van der Waals surface area contributed by atoms with Crippen LogP contribution in [0.25, 0.3) is 0 Å². The van der Waals surface area contributed by atoms with Crippen molar-refractivity contribution in [3.05, 3.63) is 0 Å². The number of hydrogen-bond acceptors (Lipinski definition) is 1. The van der Waals surface area contributed by atoms with Crippen LogP contribution in [0, 0.1) is 10.8 Å². The molecule has 0 aromatic rings. The van der Waals surface area contributed by atoms with E-state index in [1.54, 1.807) is 0 Å². The van der Waals surface area contributed by atoms with Gasteiger partial charge in [-0.1, -0.05) is 41.5 Å². The van der Waals surface area contributed by atoms with E-state index in [9.17, 15) is 4.21 Å². The van der Waals surface area contributed by atoms with Gasteiger partial charge in [-0.3, -0.25) is 0 Å². The maximum Gasteiger partial charge on any atom is 0.0887 e. The van der Waals surface area contributed by atoms with E-state index in [0.29, 0.717) is 11.3 Å². The van der Waals surface area contributed by atoms with E-state index >= 15 is 0 Å². The van der Waals surface area contributed by atoms with E-state index in [-0.39, 0.29) is 10.8 Å². The summed E-state index contributed by atoms with van der Waals surface area (Å²) in [6.07, 6.45) is 0. The molecule has 0 spiro atoms. The van der Waals surface area contributed by atoms with Gasteiger partial charge in [-0.15, -0.1) is 0 Å². The van der Waals surface area contributed by atoms with Crippen LogP contribution in [0.4, 0.5) is 0 Å². The zero-order valence-electron chi connectivity index (χ0n) is 8.32. The Bertz CT molecular complexity index is 171. The molecule has 0 aliphatic rings. The third kappa shape index (κ3) is 3.19. The molecule has 1 nitrogen and oxygen atoms in total. The topological polar surface area (TPSA) is 17.1 Å². The Morgan fingerprint density at radius 1 is 0.909 bits per heavy atom. The summed E-state index contributed by atoms with van der Waals surface area (Å²) in [6, 6.07) is 0. The predicted octanol–water partition coefficient (Wildman–Crippen LogP) is 2.46. The first-order chi connectivity index (χ1) is 4.69. The van der Waals surface area contributed by atoms with Crippen molar-refractivity contribution in [3.8, 4) is 0 Å². The standard InChI is InChI=1S/C9H18OS/c1-8(2,3)7(11-10)9(4,5)6/h1-6H3. The lowest BCUT2D eigenvalue weighted by molar-refractivity contribution is 0.492. The summed E-state index contributed by atoms with van der Waals surface area (Å²) in [6.45, 7) is 12.5. The maximum absolute atomic E-state index is 10.8. The minimum atomic E-state index is 0.0185. The van der Waals surface area contributed by atoms with Gasteiger partial charge in [-0.05, 0) is 10.8 Å². The predicted molar refractivity (Wildman–Crippen MR) is 52.1 cm³/mol. The molecule has 0 aliphatic heterocycles. The van der Waals surface area contributed by atoms with Gasteiger partial charge < -0.3 is 0 Å². The molecule has 0 saturated carbocycles. The normalized spacial score (nSPS) is 12.9. The lowest BCUT2D eigenvalue weighted by Crippen LogP contribution is -2.32. The summed E-state index contributed by atoms with van der Waals surface area (Å²) in [4.78, 5) is 1.02. The van der Waals surface area contributed by atoms with Crippen LogP contribution < -0.4 is 0 Å². The molecule has 0 fully saturated rings. The fourth-order valence-corrected chi connectivity index (χ4v) is 1.88. The second-order valence-corrected chi connectivity index (χ2v) is 5.49. The van der Waals surface area contributed by atoms with Crippen molar-refractivity contribution < 1.29 is 4.21 Å². The first-order valence-corrected chi connectivity index (χ1v) is 4.61. The smallest absolute Gasteiger partial charge is 0.0887 e. The minimum Gasteiger partial charge on any atom is -0.212 e. The number of hydrogen-bond donors (Lipinski definition) is 0. The minimum absolute atomic E-state index is 0.0185. The Kier molecular flexibility index (Phi) is 3.06. The van der Waals surface area contributed by atoms with Crippen LogP contribution in [-0.2, 0) is 11.3 Å². The fourth-order valence-electron chi connectivity index (χ4n) is 1.38. The largest absolute Gasteiger partial charge is 0.212 e. The molecule has 0 rings (SSSR count). The van der Waals surface area contributed by atoms with E-state index < -0.39 is 0 Å². The van der Waals surface area contributed by atoms with Crippen molar-refractivity contribution in [1.29, 1.82) is 0 Å². The Labute approximate surface area is 73.3 Å². The molecule has 0 aromatic heterocycles. The SMILES string of the molecule is CC(C)(C)C(=S=O)C(C)(C)C. The second kappa shape index (κ2) is 3.10. The molecule has 0 unspecified atom stereocenters. The van der Waals surface area contributed by atoms with Crippen molar-refractivity contribution >= 4 is 16.1 Å². The first kappa shape index (κ1) is 10.9. The van der Waals surface area contributed by atoms with Crippen molar-refractivity contribution in [3.63, 3.8) is 0 Å². The zero-order valence-corrected chi connectivity index (χ0v) is 9.13. The third-order valence-electron chi connectivity index (χ3n) is 1.45. The van der Waals surface area contributed by atoms with Gasteiger partial charge in [0.05, 0.1) is 11.3 Å². The van der Waals surface area contributed by atoms with Crippen LogP contribution in [0.15, 0.2) is 0 Å². The molecule has 2 heteroatoms. The van der Waals surface area contributed by atoms with E-state index in [0.717, 1.165) is 4.86 Å². The van der Waals surface area contributed by atoms with Crippen LogP contribution in [0.5, 0.6) is 0 Å². The van der Waals surface area contributed by atoms with Crippen molar-refractivity contribution in [2.45, 2.75) is 41.5 Å². The highest BCUT2D eigenvalue weighted by Gasteiger charge is 2.29. The molecule has 0 aromatic carbocycles. The highest BCUT2D eigenvalue weighted by molar-refractivity contribution is 7.66. The zero-order chi connectivity index (χ0) is 9.28. The quantitative estimate of drug-likeness (QED) is 0.516. The summed E-state index contributed by atoms with van der Waals surface area (Å²) in [5.41, 5.74) is 0.0370. The highest BCUT2D eigenvalue weighted by Crippen LogP contribution is 2.28. The molecule has 0 amide bonds. The average molecular weight is 174 g/mol. The first-order valence-electron chi connectivity index (χ1n) is 3.87. The van der Waals surface area contributed by atoms with Gasteiger partial charge in [0.25, 0.3) is 0 Å². The Hall–Kier alpha value is -0.110. The number of rotatable bonds is 0. The Morgan fingerprint density at radius 3 is 1.18 bits per heavy atom. The highest BCUT2D eigenvalue weighted by atomic mass is 32.1. The molecule has 0 radical (unpaired) electrons. The van der Waals surface area contributed by atoms with Gasteiger partial charge in [0.1, 0.15) is 0 Å². The van der Waals surface area contributed by atoms with Crippen LogP contribution >= 0.6 is 0 Å². The molecular formula is C9H18OS. The molecule has 66 valence electrons. The van der Waals surface area contributed by atoms with E-state index in [1.165, 1.54) is 0 Å². The van der Waals surface area contributed by atoms with Crippen LogP contribution in [-0.4, -0.2) is 9.07 Å². The average Bonchev–Trinajstić information content (AvgIpc) is 1.56. The van der Waals surface area contributed by atoms with E-state index in [4.69, 9.17) is 0 Å². The molecule has 0 aliphatic carbocycles. The summed E-state index contributed by atoms with van der Waals surface area (Å²) < 4.78 is 10.8. The van der Waals surface area contributed by atoms with Crippen molar-refractivity contribution in [2.24, 2.45) is 10.8 Å². The molecule has 0 saturated heterocycles. The third-order valence-corrected chi connectivity index (χ3v) is 2.84. The van der Waals surface area contributed by atoms with Crippen molar-refractivity contribution in [1.82, 2.24) is 0 Å². The molecular weight excluding hydrogens is 156 g/mol. The molecule has 0 N–H and O–H groups in total. The summed E-state index contributed by atoms with van der Waals surface area (Å²) >= 11 is 0.650. The van der Waals surface area contributed by atoms with Crippen LogP contribution in [0.1, 0.15) is 41.5 Å². The lowest BCUT2D eigenvalue weighted by atomic mass is 9.77. The van der Waals surface area contributed by atoms with E-state index in [1.807, 2.05) is 0 Å². The Morgan fingerprint density at radius 2 is 1.18 bits per heavy atom. The fraction of sp³-hybridized carbons (Fsp3) is 0.889. The summed E-state index contributed by atoms with van der Waals surface area (Å²) in [5.74, 6) is 0. The maximum atomic E-state index is 10.8. The molecule has 0 heterocycles. The second-order valence-electron chi connectivity index (χ2n) is 4.91. The molecule has 0 atom stereocenters. The van der Waals surface area contributed by atoms with Crippen LogP contribution in [0.2, 0.25) is 0 Å². The molecule has 11 heavy (non-hydrogen) atoms. The van der Waals surface area contributed by atoms with Gasteiger partial charge in [-0.2, -0.15) is 0 Å².